The number of hydrogen-bond acceptors (Lipinski definition) is 1. The Bertz CT molecular complexity index is 316. The molecule has 1 aliphatic rings. The molecule has 2 rings (SSSR count). The van der Waals surface area contributed by atoms with Crippen molar-refractivity contribution in [3.8, 4) is 0 Å². The van der Waals surface area contributed by atoms with E-state index in [0.29, 0.717) is 11.5 Å². The first-order valence-electron chi connectivity index (χ1n) is 5.07. The number of hydrogen-bond donors (Lipinski definition) is 1. The van der Waals surface area contributed by atoms with Crippen LogP contribution in [0.5, 0.6) is 0 Å². The van der Waals surface area contributed by atoms with E-state index in [0.717, 1.165) is 11.0 Å². The smallest absolute Gasteiger partial charge is 0.0175 e. The van der Waals surface area contributed by atoms with Crippen LogP contribution >= 0.6 is 15.9 Å². The average molecular weight is 254 g/mol. The molecule has 76 valence electrons. The van der Waals surface area contributed by atoms with Gasteiger partial charge in [-0.25, -0.2) is 0 Å². The van der Waals surface area contributed by atoms with Crippen LogP contribution in [0.3, 0.4) is 0 Å². The van der Waals surface area contributed by atoms with Crippen molar-refractivity contribution in [3.05, 3.63) is 34.3 Å². The van der Waals surface area contributed by atoms with Crippen molar-refractivity contribution >= 4 is 15.9 Å². The molecule has 1 N–H and O–H groups in total. The third-order valence-corrected chi connectivity index (χ3v) is 3.45. The number of nitrogens with one attached hydrogen (secondary N) is 1. The highest BCUT2D eigenvalue weighted by Gasteiger charge is 2.30. The Kier molecular flexibility index (Phi) is 2.67. The van der Waals surface area contributed by atoms with E-state index in [2.05, 4.69) is 59.4 Å². The van der Waals surface area contributed by atoms with Crippen molar-refractivity contribution in [2.24, 2.45) is 0 Å². The maximum Gasteiger partial charge on any atom is 0.0175 e. The Morgan fingerprint density at radius 2 is 1.93 bits per heavy atom. The zero-order chi connectivity index (χ0) is 10.2. The van der Waals surface area contributed by atoms with E-state index in [4.69, 9.17) is 0 Å². The zero-order valence-corrected chi connectivity index (χ0v) is 10.3. The Morgan fingerprint density at radius 1 is 1.29 bits per heavy atom. The molecule has 1 saturated heterocycles. The third kappa shape index (κ3) is 2.18. The van der Waals surface area contributed by atoms with Gasteiger partial charge in [-0.15, -0.1) is 0 Å². The van der Waals surface area contributed by atoms with Gasteiger partial charge in [-0.1, -0.05) is 28.1 Å². The van der Waals surface area contributed by atoms with Crippen LogP contribution in [0.1, 0.15) is 31.7 Å². The summed E-state index contributed by atoms with van der Waals surface area (Å²) in [6.45, 7) is 5.65. The highest BCUT2D eigenvalue weighted by molar-refractivity contribution is 9.10. The number of halogens is 1. The van der Waals surface area contributed by atoms with Crippen LogP contribution in [-0.4, -0.2) is 12.1 Å². The molecule has 0 radical (unpaired) electrons. The molecule has 14 heavy (non-hydrogen) atoms. The van der Waals surface area contributed by atoms with Crippen LogP contribution in [0.2, 0.25) is 0 Å². The summed E-state index contributed by atoms with van der Waals surface area (Å²) in [6, 6.07) is 8.69. The molecule has 1 aliphatic heterocycles. The lowest BCUT2D eigenvalue weighted by Gasteiger charge is -2.17. The molecule has 0 amide bonds. The van der Waals surface area contributed by atoms with Gasteiger partial charge in [-0.2, -0.15) is 0 Å². The first-order chi connectivity index (χ1) is 6.57. The summed E-state index contributed by atoms with van der Waals surface area (Å²) in [5.74, 6) is 0.679. The lowest BCUT2D eigenvalue weighted by molar-refractivity contribution is 0.456. The predicted molar refractivity (Wildman–Crippen MR) is 63.6 cm³/mol. The minimum absolute atomic E-state index is 0.303. The summed E-state index contributed by atoms with van der Waals surface area (Å²) in [4.78, 5) is 0. The van der Waals surface area contributed by atoms with Gasteiger partial charge in [0.05, 0.1) is 0 Å². The Balaban J connectivity index is 2.14. The Labute approximate surface area is 94.0 Å². The minimum atomic E-state index is 0.303. The van der Waals surface area contributed by atoms with Crippen LogP contribution in [-0.2, 0) is 0 Å². The molecule has 1 aromatic rings. The van der Waals surface area contributed by atoms with E-state index < -0.39 is 0 Å². The predicted octanol–water partition coefficient (Wildman–Crippen LogP) is 3.30. The molecule has 1 heterocycles. The van der Waals surface area contributed by atoms with Crippen molar-refractivity contribution in [3.63, 3.8) is 0 Å². The van der Waals surface area contributed by atoms with Crippen LogP contribution in [0, 0.1) is 0 Å². The van der Waals surface area contributed by atoms with Crippen LogP contribution in [0.25, 0.3) is 0 Å². The normalized spacial score (nSPS) is 25.2. The second-order valence-corrected chi connectivity index (χ2v) is 5.63. The van der Waals surface area contributed by atoms with Gasteiger partial charge in [0.1, 0.15) is 0 Å². The summed E-state index contributed by atoms with van der Waals surface area (Å²) in [6.07, 6.45) is 1.23. The van der Waals surface area contributed by atoms with Crippen molar-refractivity contribution in [1.82, 2.24) is 5.32 Å². The van der Waals surface area contributed by atoms with E-state index in [9.17, 15) is 0 Å². The maximum atomic E-state index is 3.55. The summed E-state index contributed by atoms with van der Waals surface area (Å²) >= 11 is 3.46. The molecule has 1 unspecified atom stereocenters. The number of rotatable bonds is 1. The average Bonchev–Trinajstić information content (AvgIpc) is 2.47. The highest BCUT2D eigenvalue weighted by atomic mass is 79.9. The van der Waals surface area contributed by atoms with Gasteiger partial charge in [0.2, 0.25) is 0 Å². The minimum Gasteiger partial charge on any atom is -0.311 e. The molecular formula is C12H16BrN. The van der Waals surface area contributed by atoms with E-state index in [1.54, 1.807) is 0 Å². The van der Waals surface area contributed by atoms with Gasteiger partial charge < -0.3 is 5.32 Å². The molecule has 1 nitrogen and oxygen atoms in total. The van der Waals surface area contributed by atoms with Gasteiger partial charge in [-0.3, -0.25) is 0 Å². The lowest BCUT2D eigenvalue weighted by Crippen LogP contribution is -2.31. The van der Waals surface area contributed by atoms with E-state index in [1.165, 1.54) is 12.0 Å². The SMILES string of the molecule is CC1(C)CC(c2ccc(Br)cc2)CN1. The summed E-state index contributed by atoms with van der Waals surface area (Å²) < 4.78 is 1.16. The first-order valence-corrected chi connectivity index (χ1v) is 5.87. The van der Waals surface area contributed by atoms with E-state index >= 15 is 0 Å². The van der Waals surface area contributed by atoms with Crippen molar-refractivity contribution in [1.29, 1.82) is 0 Å². The summed E-state index contributed by atoms with van der Waals surface area (Å²) in [5.41, 5.74) is 1.75. The van der Waals surface area contributed by atoms with Gasteiger partial charge in [0.25, 0.3) is 0 Å². The molecule has 1 atom stereocenters. The number of benzene rings is 1. The molecule has 0 bridgehead atoms. The van der Waals surface area contributed by atoms with Gasteiger partial charge in [0.15, 0.2) is 0 Å². The van der Waals surface area contributed by atoms with Crippen molar-refractivity contribution in [2.45, 2.75) is 31.7 Å². The van der Waals surface area contributed by atoms with E-state index in [1.807, 2.05) is 0 Å². The molecule has 1 aromatic carbocycles. The monoisotopic (exact) mass is 253 g/mol. The molecule has 0 saturated carbocycles. The van der Waals surface area contributed by atoms with Crippen LogP contribution in [0.4, 0.5) is 0 Å². The molecule has 0 spiro atoms. The lowest BCUT2D eigenvalue weighted by atomic mass is 9.91. The second-order valence-electron chi connectivity index (χ2n) is 4.72. The fourth-order valence-electron chi connectivity index (χ4n) is 2.13. The second kappa shape index (κ2) is 3.67. The van der Waals surface area contributed by atoms with Crippen LogP contribution < -0.4 is 5.32 Å². The molecular weight excluding hydrogens is 238 g/mol. The first kappa shape index (κ1) is 10.2. The zero-order valence-electron chi connectivity index (χ0n) is 8.68. The summed E-state index contributed by atoms with van der Waals surface area (Å²) in [7, 11) is 0. The highest BCUT2D eigenvalue weighted by Crippen LogP contribution is 2.31. The third-order valence-electron chi connectivity index (χ3n) is 2.93. The molecule has 2 heteroatoms. The topological polar surface area (TPSA) is 12.0 Å². The van der Waals surface area contributed by atoms with E-state index in [-0.39, 0.29) is 0 Å². The van der Waals surface area contributed by atoms with Gasteiger partial charge in [-0.05, 0) is 43.9 Å². The molecule has 0 aromatic heterocycles. The van der Waals surface area contributed by atoms with Gasteiger partial charge >= 0.3 is 0 Å². The fraction of sp³-hybridized carbons (Fsp3) is 0.500. The molecule has 0 aliphatic carbocycles. The Morgan fingerprint density at radius 3 is 2.43 bits per heavy atom. The largest absolute Gasteiger partial charge is 0.311 e. The van der Waals surface area contributed by atoms with Crippen molar-refractivity contribution in [2.75, 3.05) is 6.54 Å². The van der Waals surface area contributed by atoms with Crippen molar-refractivity contribution < 1.29 is 0 Å². The quantitative estimate of drug-likeness (QED) is 0.810. The van der Waals surface area contributed by atoms with Crippen LogP contribution in [0.15, 0.2) is 28.7 Å². The maximum absolute atomic E-state index is 3.55. The summed E-state index contributed by atoms with van der Waals surface area (Å²) in [5, 5.41) is 3.55. The molecule has 1 fully saturated rings. The Hall–Kier alpha value is -0.340. The fourth-order valence-corrected chi connectivity index (χ4v) is 2.39. The standard InChI is InChI=1S/C12H16BrN/c1-12(2)7-10(8-14-12)9-3-5-11(13)6-4-9/h3-6,10,14H,7-8H2,1-2H3. The van der Waals surface area contributed by atoms with Gasteiger partial charge in [0, 0.05) is 16.6 Å².